The van der Waals surface area contributed by atoms with Gasteiger partial charge >= 0.3 is 0 Å². The fraction of sp³-hybridized carbons (Fsp3) is 0.188. The monoisotopic (exact) mass is 317 g/mol. The van der Waals surface area contributed by atoms with Crippen LogP contribution in [0.15, 0.2) is 53.0 Å². The lowest BCUT2D eigenvalue weighted by atomic mass is 10.1. The van der Waals surface area contributed by atoms with Gasteiger partial charge in [-0.05, 0) is 37.1 Å². The first-order chi connectivity index (χ1) is 9.13. The molecular weight excluding hydrogens is 302 g/mol. The van der Waals surface area contributed by atoms with Gasteiger partial charge in [0.2, 0.25) is 5.91 Å². The molecule has 1 amide bonds. The summed E-state index contributed by atoms with van der Waals surface area (Å²) in [5.41, 5.74) is 3.25. The van der Waals surface area contributed by atoms with Crippen molar-refractivity contribution in [3.63, 3.8) is 0 Å². The van der Waals surface area contributed by atoms with Gasteiger partial charge < -0.3 is 5.32 Å². The predicted molar refractivity (Wildman–Crippen MR) is 82.3 cm³/mol. The first kappa shape index (κ1) is 13.8. The van der Waals surface area contributed by atoms with E-state index in [1.807, 2.05) is 24.3 Å². The number of carbonyl (C=O) groups is 1. The summed E-state index contributed by atoms with van der Waals surface area (Å²) in [4.78, 5) is 11.8. The van der Waals surface area contributed by atoms with Crippen LogP contribution in [0.2, 0.25) is 0 Å². The molecule has 2 rings (SSSR count). The molecule has 1 N–H and O–H groups in total. The zero-order valence-electron chi connectivity index (χ0n) is 10.8. The lowest BCUT2D eigenvalue weighted by Gasteiger charge is -2.06. The van der Waals surface area contributed by atoms with E-state index >= 15 is 0 Å². The second kappa shape index (κ2) is 6.53. The Balaban J connectivity index is 1.86. The van der Waals surface area contributed by atoms with Gasteiger partial charge in [-0.25, -0.2) is 0 Å². The fourth-order valence-corrected chi connectivity index (χ4v) is 2.20. The molecule has 0 aliphatic heterocycles. The summed E-state index contributed by atoms with van der Waals surface area (Å²) in [6.45, 7) is 2.06. The highest BCUT2D eigenvalue weighted by atomic mass is 79.9. The maximum absolute atomic E-state index is 11.8. The van der Waals surface area contributed by atoms with E-state index < -0.39 is 0 Å². The molecular formula is C16H16BrNO. The minimum absolute atomic E-state index is 0.0404. The zero-order valence-corrected chi connectivity index (χ0v) is 12.4. The highest BCUT2D eigenvalue weighted by molar-refractivity contribution is 9.10. The molecule has 0 aromatic heterocycles. The highest BCUT2D eigenvalue weighted by Crippen LogP contribution is 2.16. The number of hydrogen-bond acceptors (Lipinski definition) is 1. The Kier molecular flexibility index (Phi) is 4.74. The van der Waals surface area contributed by atoms with E-state index in [0.29, 0.717) is 6.42 Å². The molecule has 2 aromatic rings. The third-order valence-electron chi connectivity index (χ3n) is 2.87. The van der Waals surface area contributed by atoms with Crippen molar-refractivity contribution < 1.29 is 4.79 Å². The van der Waals surface area contributed by atoms with Gasteiger partial charge in [0.15, 0.2) is 0 Å². The first-order valence-electron chi connectivity index (χ1n) is 6.24. The van der Waals surface area contributed by atoms with Crippen molar-refractivity contribution >= 4 is 27.5 Å². The molecule has 0 atom stereocenters. The lowest BCUT2D eigenvalue weighted by Crippen LogP contribution is -2.12. The molecule has 3 heteroatoms. The Bertz CT molecular complexity index is 563. The number of carbonyl (C=O) groups excluding carboxylic acids is 1. The summed E-state index contributed by atoms with van der Waals surface area (Å²) >= 11 is 3.38. The molecule has 98 valence electrons. The van der Waals surface area contributed by atoms with Gasteiger partial charge in [0.25, 0.3) is 0 Å². The summed E-state index contributed by atoms with van der Waals surface area (Å²) in [5.74, 6) is 0.0404. The van der Waals surface area contributed by atoms with Crippen LogP contribution in [0.1, 0.15) is 17.5 Å². The third kappa shape index (κ3) is 4.52. The summed E-state index contributed by atoms with van der Waals surface area (Å²) in [6.07, 6.45) is 1.26. The molecule has 0 spiro atoms. The largest absolute Gasteiger partial charge is 0.326 e. The minimum Gasteiger partial charge on any atom is -0.326 e. The number of hydrogen-bond donors (Lipinski definition) is 1. The maximum Gasteiger partial charge on any atom is 0.224 e. The molecule has 0 aliphatic rings. The van der Waals surface area contributed by atoms with Crippen LogP contribution in [0.5, 0.6) is 0 Å². The standard InChI is InChI=1S/C16H16BrNO/c1-12-5-7-13(8-6-12)9-10-16(19)18-15-4-2-3-14(17)11-15/h2-8,11H,9-10H2,1H3,(H,18,19). The normalized spacial score (nSPS) is 10.2. The first-order valence-corrected chi connectivity index (χ1v) is 7.04. The molecule has 0 fully saturated rings. The molecule has 0 aliphatic carbocycles. The van der Waals surface area contributed by atoms with E-state index in [4.69, 9.17) is 0 Å². The van der Waals surface area contributed by atoms with Crippen molar-refractivity contribution in [1.82, 2.24) is 0 Å². The van der Waals surface area contributed by atoms with Gasteiger partial charge in [0.1, 0.15) is 0 Å². The molecule has 0 heterocycles. The number of anilines is 1. The Hall–Kier alpha value is -1.61. The maximum atomic E-state index is 11.8. The van der Waals surface area contributed by atoms with Crippen molar-refractivity contribution in [1.29, 1.82) is 0 Å². The predicted octanol–water partition coefficient (Wildman–Crippen LogP) is 4.33. The van der Waals surface area contributed by atoms with Crippen molar-refractivity contribution in [2.75, 3.05) is 5.32 Å². The number of halogens is 1. The van der Waals surface area contributed by atoms with E-state index in [1.165, 1.54) is 11.1 Å². The van der Waals surface area contributed by atoms with Crippen LogP contribution in [0, 0.1) is 6.92 Å². The fourth-order valence-electron chi connectivity index (χ4n) is 1.80. The van der Waals surface area contributed by atoms with Crippen LogP contribution in [0.25, 0.3) is 0 Å². The van der Waals surface area contributed by atoms with Gasteiger partial charge in [0, 0.05) is 16.6 Å². The van der Waals surface area contributed by atoms with E-state index in [9.17, 15) is 4.79 Å². The number of rotatable bonds is 4. The number of amides is 1. The SMILES string of the molecule is Cc1ccc(CCC(=O)Nc2cccc(Br)c2)cc1. The molecule has 0 radical (unpaired) electrons. The van der Waals surface area contributed by atoms with Crippen LogP contribution >= 0.6 is 15.9 Å². The van der Waals surface area contributed by atoms with Gasteiger partial charge in [-0.1, -0.05) is 51.8 Å². The van der Waals surface area contributed by atoms with Crippen molar-refractivity contribution in [2.24, 2.45) is 0 Å². The van der Waals surface area contributed by atoms with Crippen LogP contribution in [0.4, 0.5) is 5.69 Å². The summed E-state index contributed by atoms with van der Waals surface area (Å²) < 4.78 is 0.962. The minimum atomic E-state index is 0.0404. The van der Waals surface area contributed by atoms with Crippen molar-refractivity contribution in [3.05, 3.63) is 64.1 Å². The summed E-state index contributed by atoms with van der Waals surface area (Å²) in [5, 5.41) is 2.90. The second-order valence-corrected chi connectivity index (χ2v) is 5.46. The van der Waals surface area contributed by atoms with E-state index in [2.05, 4.69) is 52.4 Å². The van der Waals surface area contributed by atoms with Gasteiger partial charge in [-0.15, -0.1) is 0 Å². The van der Waals surface area contributed by atoms with E-state index in [0.717, 1.165) is 16.6 Å². The average Bonchev–Trinajstić information content (AvgIpc) is 2.38. The quantitative estimate of drug-likeness (QED) is 0.893. The highest BCUT2D eigenvalue weighted by Gasteiger charge is 2.03. The van der Waals surface area contributed by atoms with Crippen LogP contribution < -0.4 is 5.32 Å². The van der Waals surface area contributed by atoms with Gasteiger partial charge in [-0.3, -0.25) is 4.79 Å². The van der Waals surface area contributed by atoms with Crippen LogP contribution in [-0.2, 0) is 11.2 Å². The topological polar surface area (TPSA) is 29.1 Å². The molecule has 2 nitrogen and oxygen atoms in total. The average molecular weight is 318 g/mol. The van der Waals surface area contributed by atoms with Gasteiger partial charge in [0.05, 0.1) is 0 Å². The van der Waals surface area contributed by atoms with Crippen molar-refractivity contribution in [2.45, 2.75) is 19.8 Å². The number of aryl methyl sites for hydroxylation is 2. The molecule has 19 heavy (non-hydrogen) atoms. The molecule has 0 unspecified atom stereocenters. The van der Waals surface area contributed by atoms with E-state index in [-0.39, 0.29) is 5.91 Å². The third-order valence-corrected chi connectivity index (χ3v) is 3.36. The lowest BCUT2D eigenvalue weighted by molar-refractivity contribution is -0.116. The smallest absolute Gasteiger partial charge is 0.224 e. The second-order valence-electron chi connectivity index (χ2n) is 4.54. The van der Waals surface area contributed by atoms with Crippen LogP contribution in [0.3, 0.4) is 0 Å². The number of nitrogens with one attached hydrogen (secondary N) is 1. The Labute approximate surface area is 122 Å². The number of benzene rings is 2. The molecule has 0 saturated heterocycles. The van der Waals surface area contributed by atoms with Crippen molar-refractivity contribution in [3.8, 4) is 0 Å². The zero-order chi connectivity index (χ0) is 13.7. The molecule has 0 saturated carbocycles. The Morgan fingerprint density at radius 1 is 1.16 bits per heavy atom. The van der Waals surface area contributed by atoms with Crippen LogP contribution in [-0.4, -0.2) is 5.91 Å². The molecule has 0 bridgehead atoms. The Morgan fingerprint density at radius 3 is 2.58 bits per heavy atom. The van der Waals surface area contributed by atoms with E-state index in [1.54, 1.807) is 0 Å². The Morgan fingerprint density at radius 2 is 1.89 bits per heavy atom. The van der Waals surface area contributed by atoms with Gasteiger partial charge in [-0.2, -0.15) is 0 Å². The summed E-state index contributed by atoms with van der Waals surface area (Å²) in [7, 11) is 0. The molecule has 2 aromatic carbocycles. The summed E-state index contributed by atoms with van der Waals surface area (Å²) in [6, 6.07) is 15.9.